The minimum Gasteiger partial charge on any atom is -0.293 e. The third-order valence-corrected chi connectivity index (χ3v) is 4.83. The average molecular weight is 358 g/mol. The number of aromatic nitrogens is 3. The van der Waals surface area contributed by atoms with Gasteiger partial charge in [0.25, 0.3) is 0 Å². The van der Waals surface area contributed by atoms with Crippen molar-refractivity contribution in [3.05, 3.63) is 70.5 Å². The van der Waals surface area contributed by atoms with E-state index in [9.17, 15) is 4.79 Å². The fourth-order valence-electron chi connectivity index (χ4n) is 2.38. The molecule has 0 atom stereocenters. The highest BCUT2D eigenvalue weighted by Gasteiger charge is 2.15. The zero-order valence-corrected chi connectivity index (χ0v) is 14.9. The second-order valence-electron chi connectivity index (χ2n) is 5.37. The molecular formula is C18H16ClN3OS. The van der Waals surface area contributed by atoms with E-state index in [4.69, 9.17) is 11.6 Å². The lowest BCUT2D eigenvalue weighted by Gasteiger charge is -2.10. The maximum Gasteiger partial charge on any atom is 0.196 e. The van der Waals surface area contributed by atoms with Gasteiger partial charge in [-0.2, -0.15) is 0 Å². The first-order valence-electron chi connectivity index (χ1n) is 7.46. The number of carbonyl (C=O) groups excluding carboxylic acids is 1. The number of hydrogen-bond donors (Lipinski definition) is 0. The van der Waals surface area contributed by atoms with E-state index in [1.54, 1.807) is 24.3 Å². The Labute approximate surface area is 149 Å². The summed E-state index contributed by atoms with van der Waals surface area (Å²) in [6.07, 6.45) is 0. The minimum atomic E-state index is 0.0358. The molecule has 0 N–H and O–H groups in total. The van der Waals surface area contributed by atoms with Gasteiger partial charge in [-0.05, 0) is 49.7 Å². The summed E-state index contributed by atoms with van der Waals surface area (Å²) in [7, 11) is 0. The smallest absolute Gasteiger partial charge is 0.196 e. The van der Waals surface area contributed by atoms with Gasteiger partial charge in [0.15, 0.2) is 10.9 Å². The average Bonchev–Trinajstić information content (AvgIpc) is 2.94. The van der Waals surface area contributed by atoms with Crippen LogP contribution in [0.4, 0.5) is 0 Å². The summed E-state index contributed by atoms with van der Waals surface area (Å²) in [6, 6.07) is 15.0. The Morgan fingerprint density at radius 3 is 2.50 bits per heavy atom. The molecule has 3 aromatic rings. The summed E-state index contributed by atoms with van der Waals surface area (Å²) in [5, 5.41) is 9.71. The maximum absolute atomic E-state index is 12.3. The lowest BCUT2D eigenvalue weighted by molar-refractivity contribution is 0.102. The van der Waals surface area contributed by atoms with Crippen molar-refractivity contribution in [1.29, 1.82) is 0 Å². The highest BCUT2D eigenvalue weighted by Crippen LogP contribution is 2.24. The topological polar surface area (TPSA) is 47.8 Å². The summed E-state index contributed by atoms with van der Waals surface area (Å²) >= 11 is 7.24. The highest BCUT2D eigenvalue weighted by atomic mass is 35.5. The molecule has 1 heterocycles. The number of hydrogen-bond acceptors (Lipinski definition) is 4. The van der Waals surface area contributed by atoms with Crippen LogP contribution in [-0.4, -0.2) is 26.3 Å². The van der Waals surface area contributed by atoms with Gasteiger partial charge in [-0.15, -0.1) is 10.2 Å². The Morgan fingerprint density at radius 1 is 1.08 bits per heavy atom. The number of aryl methyl sites for hydroxylation is 2. The van der Waals surface area contributed by atoms with Crippen LogP contribution < -0.4 is 0 Å². The Balaban J connectivity index is 1.81. The van der Waals surface area contributed by atoms with Gasteiger partial charge < -0.3 is 0 Å². The third kappa shape index (κ3) is 3.52. The van der Waals surface area contributed by atoms with E-state index in [1.807, 2.05) is 42.7 Å². The van der Waals surface area contributed by atoms with Gasteiger partial charge in [0.1, 0.15) is 5.82 Å². The predicted molar refractivity (Wildman–Crippen MR) is 97.3 cm³/mol. The molecule has 0 saturated carbocycles. The predicted octanol–water partition coefficient (Wildman–Crippen LogP) is 4.51. The number of carbonyl (C=O) groups is 1. The van der Waals surface area contributed by atoms with Crippen molar-refractivity contribution < 1.29 is 4.79 Å². The van der Waals surface area contributed by atoms with Crippen LogP contribution in [0.2, 0.25) is 5.02 Å². The number of nitrogens with zero attached hydrogens (tertiary/aromatic N) is 3. The molecule has 24 heavy (non-hydrogen) atoms. The molecule has 6 heteroatoms. The Kier molecular flexibility index (Phi) is 5.02. The largest absolute Gasteiger partial charge is 0.293 e. The molecule has 122 valence electrons. The third-order valence-electron chi connectivity index (χ3n) is 3.65. The lowest BCUT2D eigenvalue weighted by Crippen LogP contribution is -2.05. The molecule has 0 fully saturated rings. The van der Waals surface area contributed by atoms with E-state index in [0.717, 1.165) is 17.1 Å². The van der Waals surface area contributed by atoms with Crippen LogP contribution in [0, 0.1) is 13.8 Å². The molecule has 0 bridgehead atoms. The molecule has 0 radical (unpaired) electrons. The van der Waals surface area contributed by atoms with Crippen molar-refractivity contribution in [3.63, 3.8) is 0 Å². The van der Waals surface area contributed by atoms with Crippen LogP contribution >= 0.6 is 23.4 Å². The van der Waals surface area contributed by atoms with Gasteiger partial charge in [0.2, 0.25) is 0 Å². The number of halogens is 1. The van der Waals surface area contributed by atoms with E-state index >= 15 is 0 Å². The van der Waals surface area contributed by atoms with E-state index in [-0.39, 0.29) is 5.78 Å². The quantitative estimate of drug-likeness (QED) is 0.498. The Hall–Kier alpha value is -2.11. The van der Waals surface area contributed by atoms with Crippen LogP contribution in [0.3, 0.4) is 0 Å². The summed E-state index contributed by atoms with van der Waals surface area (Å²) in [6.45, 7) is 3.95. The fraction of sp³-hybridized carbons (Fsp3) is 0.167. The zero-order chi connectivity index (χ0) is 17.1. The van der Waals surface area contributed by atoms with Crippen molar-refractivity contribution in [2.45, 2.75) is 19.0 Å². The van der Waals surface area contributed by atoms with Gasteiger partial charge in [0, 0.05) is 10.6 Å². The molecule has 2 aromatic carbocycles. The second-order valence-corrected chi connectivity index (χ2v) is 6.75. The standard InChI is InChI=1S/C18H16ClN3OS/c1-12-5-3-4-6-16(12)22-13(2)20-21-18(22)24-11-17(23)14-7-9-15(19)10-8-14/h3-10H,11H2,1-2H3. The number of rotatable bonds is 5. The highest BCUT2D eigenvalue weighted by molar-refractivity contribution is 7.99. The molecule has 0 unspecified atom stereocenters. The SMILES string of the molecule is Cc1ccccc1-n1c(C)nnc1SCC(=O)c1ccc(Cl)cc1. The lowest BCUT2D eigenvalue weighted by atomic mass is 10.1. The van der Waals surface area contributed by atoms with E-state index in [0.29, 0.717) is 21.5 Å². The van der Waals surface area contributed by atoms with Gasteiger partial charge in [-0.25, -0.2) is 0 Å². The molecule has 3 rings (SSSR count). The van der Waals surface area contributed by atoms with Crippen LogP contribution in [0.15, 0.2) is 53.7 Å². The van der Waals surface area contributed by atoms with Gasteiger partial charge in [-0.1, -0.05) is 41.6 Å². The van der Waals surface area contributed by atoms with Gasteiger partial charge in [0.05, 0.1) is 11.4 Å². The van der Waals surface area contributed by atoms with Crippen LogP contribution in [-0.2, 0) is 0 Å². The Morgan fingerprint density at radius 2 is 1.79 bits per heavy atom. The van der Waals surface area contributed by atoms with E-state index in [1.165, 1.54) is 11.8 Å². The maximum atomic E-state index is 12.3. The monoisotopic (exact) mass is 357 g/mol. The molecule has 0 spiro atoms. The summed E-state index contributed by atoms with van der Waals surface area (Å²) in [5.41, 5.74) is 2.80. The van der Waals surface area contributed by atoms with Gasteiger partial charge >= 0.3 is 0 Å². The molecule has 1 aromatic heterocycles. The van der Waals surface area contributed by atoms with E-state index in [2.05, 4.69) is 10.2 Å². The number of para-hydroxylation sites is 1. The molecule has 0 aliphatic carbocycles. The molecule has 0 amide bonds. The van der Waals surface area contributed by atoms with Crippen LogP contribution in [0.25, 0.3) is 5.69 Å². The van der Waals surface area contributed by atoms with Crippen molar-refractivity contribution >= 4 is 29.1 Å². The molecular weight excluding hydrogens is 342 g/mol. The second kappa shape index (κ2) is 7.20. The molecule has 0 aliphatic heterocycles. The summed E-state index contributed by atoms with van der Waals surface area (Å²) in [5.74, 6) is 1.13. The number of thioether (sulfide) groups is 1. The van der Waals surface area contributed by atoms with Gasteiger partial charge in [-0.3, -0.25) is 9.36 Å². The summed E-state index contributed by atoms with van der Waals surface area (Å²) in [4.78, 5) is 12.3. The number of benzene rings is 2. The van der Waals surface area contributed by atoms with Crippen molar-refractivity contribution in [3.8, 4) is 5.69 Å². The van der Waals surface area contributed by atoms with Crippen LogP contribution in [0.5, 0.6) is 0 Å². The zero-order valence-electron chi connectivity index (χ0n) is 13.4. The van der Waals surface area contributed by atoms with Crippen LogP contribution in [0.1, 0.15) is 21.7 Å². The van der Waals surface area contributed by atoms with Crippen molar-refractivity contribution in [1.82, 2.24) is 14.8 Å². The number of ketones is 1. The molecule has 0 aliphatic rings. The normalized spacial score (nSPS) is 10.8. The van der Waals surface area contributed by atoms with Crippen molar-refractivity contribution in [2.75, 3.05) is 5.75 Å². The van der Waals surface area contributed by atoms with Crippen molar-refractivity contribution in [2.24, 2.45) is 0 Å². The fourth-order valence-corrected chi connectivity index (χ4v) is 3.39. The first-order chi connectivity index (χ1) is 11.6. The first-order valence-corrected chi connectivity index (χ1v) is 8.82. The molecule has 0 saturated heterocycles. The van der Waals surface area contributed by atoms with E-state index < -0.39 is 0 Å². The first kappa shape index (κ1) is 16.7. The minimum absolute atomic E-state index is 0.0358. The summed E-state index contributed by atoms with van der Waals surface area (Å²) < 4.78 is 1.98. The Bertz CT molecular complexity index is 874. The number of Topliss-reactive ketones (excluding diaryl/α,β-unsaturated/α-hetero) is 1. The molecule has 4 nitrogen and oxygen atoms in total.